The lowest BCUT2D eigenvalue weighted by molar-refractivity contribution is -0.148. The highest BCUT2D eigenvalue weighted by Gasteiger charge is 2.61. The van der Waals surface area contributed by atoms with Crippen LogP contribution in [0.2, 0.25) is 0 Å². The van der Waals surface area contributed by atoms with Crippen molar-refractivity contribution in [1.82, 2.24) is 24.5 Å². The van der Waals surface area contributed by atoms with Crippen molar-refractivity contribution < 1.29 is 32.3 Å². The summed E-state index contributed by atoms with van der Waals surface area (Å²) in [5, 5.41) is 0.239. The number of aryl methyl sites for hydroxylation is 2. The Kier molecular flexibility index (Phi) is 10.7. The summed E-state index contributed by atoms with van der Waals surface area (Å²) in [4.78, 5) is 70.2. The van der Waals surface area contributed by atoms with Gasteiger partial charge in [0.25, 0.3) is 0 Å². The number of sulfonamides is 1. The van der Waals surface area contributed by atoms with Crippen LogP contribution in [0.5, 0.6) is 5.75 Å². The average molecular weight is 810 g/mol. The van der Waals surface area contributed by atoms with Crippen molar-refractivity contribution in [3.63, 3.8) is 0 Å². The van der Waals surface area contributed by atoms with Crippen molar-refractivity contribution in [2.24, 2.45) is 22.7 Å². The number of piperidine rings is 1. The summed E-state index contributed by atoms with van der Waals surface area (Å²) >= 11 is 0. The van der Waals surface area contributed by atoms with Crippen LogP contribution in [-0.2, 0) is 42.0 Å². The van der Waals surface area contributed by atoms with E-state index in [1.807, 2.05) is 56.0 Å². The molecule has 2 aromatic heterocycles. The molecule has 5 atom stereocenters. The fourth-order valence-electron chi connectivity index (χ4n) is 9.40. The van der Waals surface area contributed by atoms with Crippen LogP contribution in [0.4, 0.5) is 0 Å². The molecule has 308 valence electrons. The molecule has 1 N–H and O–H groups in total. The minimum absolute atomic E-state index is 0.0166. The number of nitrogens with zero attached hydrogens (tertiary/aromatic N) is 4. The molecule has 0 spiro atoms. The first kappa shape index (κ1) is 40.1. The lowest BCUT2D eigenvalue weighted by Crippen LogP contribution is -2.49. The molecule has 5 aliphatic rings. The lowest BCUT2D eigenvalue weighted by Gasteiger charge is -2.36. The van der Waals surface area contributed by atoms with Gasteiger partial charge in [0.1, 0.15) is 11.9 Å². The zero-order chi connectivity index (χ0) is 41.0. The summed E-state index contributed by atoms with van der Waals surface area (Å²) in [5.41, 5.74) is 2.77. The van der Waals surface area contributed by atoms with Gasteiger partial charge in [0.05, 0.1) is 46.1 Å². The van der Waals surface area contributed by atoms with Gasteiger partial charge in [-0.2, -0.15) is 0 Å². The Morgan fingerprint density at radius 2 is 1.81 bits per heavy atom. The van der Waals surface area contributed by atoms with Gasteiger partial charge in [-0.05, 0) is 98.4 Å². The van der Waals surface area contributed by atoms with Crippen LogP contribution >= 0.6 is 0 Å². The standard InChI is InChI=1S/C45H55N5O7S/c1-5-29-25-45(29,43(54)48-58(55,56)31-16-17-31)26-38(51)37-22-30(27-50(37)42(53)34(44(2,3)4)23-40(52)49-20-9-6-10-21-49)57-39-24-36(35-14-7-8-19-46-35)47-41-32-13-11-12-28(32)15-18-33(39)41/h5,7-8,14-15,18-19,24,29-31,34,37H,1,6,9-13,16-17,20-23,25-27H2,2-4H3,(H,48,54)/t29-,30-,34-,37+,45-/m1/s1. The van der Waals surface area contributed by atoms with E-state index in [9.17, 15) is 27.6 Å². The molecule has 4 fully saturated rings. The van der Waals surface area contributed by atoms with Crippen LogP contribution in [0.3, 0.4) is 0 Å². The number of benzene rings is 1. The van der Waals surface area contributed by atoms with Crippen LogP contribution in [0, 0.1) is 22.7 Å². The molecule has 4 heterocycles. The summed E-state index contributed by atoms with van der Waals surface area (Å²) < 4.78 is 34.9. The molecule has 2 saturated heterocycles. The van der Waals surface area contributed by atoms with Gasteiger partial charge in [0.2, 0.25) is 27.7 Å². The highest BCUT2D eigenvalue weighted by Crippen LogP contribution is 2.57. The minimum Gasteiger partial charge on any atom is -0.488 e. The second-order valence-electron chi connectivity index (χ2n) is 18.2. The van der Waals surface area contributed by atoms with E-state index in [1.165, 1.54) is 11.1 Å². The van der Waals surface area contributed by atoms with Crippen molar-refractivity contribution in [1.29, 1.82) is 0 Å². The first-order chi connectivity index (χ1) is 27.7. The summed E-state index contributed by atoms with van der Waals surface area (Å²) in [5.74, 6) is -1.95. The zero-order valence-corrected chi connectivity index (χ0v) is 34.7. The maximum Gasteiger partial charge on any atom is 0.240 e. The van der Waals surface area contributed by atoms with Gasteiger partial charge in [0, 0.05) is 50.0 Å². The highest BCUT2D eigenvalue weighted by atomic mass is 32.2. The number of fused-ring (bicyclic) bond motifs is 3. The first-order valence-electron chi connectivity index (χ1n) is 21.0. The van der Waals surface area contributed by atoms with Crippen molar-refractivity contribution >= 4 is 44.4 Å². The summed E-state index contributed by atoms with van der Waals surface area (Å²) in [6, 6.07) is 10.7. The Labute approximate surface area is 341 Å². The Morgan fingerprint density at radius 1 is 1.03 bits per heavy atom. The third-order valence-corrected chi connectivity index (χ3v) is 15.0. The van der Waals surface area contributed by atoms with Gasteiger partial charge in [0.15, 0.2) is 5.78 Å². The van der Waals surface area contributed by atoms with E-state index < -0.39 is 50.1 Å². The third kappa shape index (κ3) is 7.90. The number of aromatic nitrogens is 2. The van der Waals surface area contributed by atoms with Crippen molar-refractivity contribution in [2.75, 3.05) is 19.6 Å². The molecule has 2 aliphatic heterocycles. The summed E-state index contributed by atoms with van der Waals surface area (Å²) in [7, 11) is -3.85. The maximum absolute atomic E-state index is 15.0. The normalized spacial score (nSPS) is 24.9. The fraction of sp³-hybridized carbons (Fsp3) is 0.556. The average Bonchev–Trinajstić information content (AvgIpc) is 4.09. The fourth-order valence-corrected chi connectivity index (χ4v) is 10.8. The van der Waals surface area contributed by atoms with Crippen molar-refractivity contribution in [2.45, 2.75) is 115 Å². The number of carbonyl (C=O) groups excluding carboxylic acids is 4. The predicted molar refractivity (Wildman–Crippen MR) is 220 cm³/mol. The molecule has 1 aromatic carbocycles. The molecule has 3 aliphatic carbocycles. The van der Waals surface area contributed by atoms with Crippen LogP contribution < -0.4 is 9.46 Å². The molecular formula is C45H55N5O7S. The largest absolute Gasteiger partial charge is 0.488 e. The quantitative estimate of drug-likeness (QED) is 0.206. The molecule has 12 nitrogen and oxygen atoms in total. The van der Waals surface area contributed by atoms with Gasteiger partial charge in [-0.1, -0.05) is 39.0 Å². The number of ketones is 1. The van der Waals surface area contributed by atoms with E-state index in [-0.39, 0.29) is 55.7 Å². The van der Waals surface area contributed by atoms with Gasteiger partial charge >= 0.3 is 0 Å². The summed E-state index contributed by atoms with van der Waals surface area (Å²) in [6.07, 6.45) is 9.77. The Hall–Kier alpha value is -4.65. The van der Waals surface area contributed by atoms with Crippen LogP contribution in [-0.4, -0.2) is 88.7 Å². The number of carbonyl (C=O) groups is 4. The van der Waals surface area contributed by atoms with E-state index in [0.29, 0.717) is 43.1 Å². The lowest BCUT2D eigenvalue weighted by atomic mass is 9.77. The van der Waals surface area contributed by atoms with Crippen LogP contribution in [0.25, 0.3) is 22.3 Å². The maximum atomic E-state index is 15.0. The molecule has 0 bridgehead atoms. The molecule has 3 aromatic rings. The molecule has 2 saturated carbocycles. The second-order valence-corrected chi connectivity index (χ2v) is 20.2. The number of amides is 3. The van der Waals surface area contributed by atoms with E-state index in [2.05, 4.69) is 22.4 Å². The van der Waals surface area contributed by atoms with Crippen LogP contribution in [0.1, 0.15) is 96.1 Å². The number of hydrogen-bond donors (Lipinski definition) is 1. The molecule has 0 unspecified atom stereocenters. The molecule has 3 amide bonds. The van der Waals surface area contributed by atoms with E-state index in [4.69, 9.17) is 9.72 Å². The van der Waals surface area contributed by atoms with E-state index >= 15 is 0 Å². The van der Waals surface area contributed by atoms with Gasteiger partial charge in [-0.25, -0.2) is 13.4 Å². The zero-order valence-electron chi connectivity index (χ0n) is 33.9. The number of likely N-dealkylation sites (tertiary alicyclic amines) is 2. The topological polar surface area (TPSA) is 156 Å². The SMILES string of the molecule is C=C[C@@H]1C[C@]1(CC(=O)[C@@H]1C[C@@H](Oc2cc(-c3ccccn3)nc3c4c(ccc23)CCC4)CN1C(=O)[C@@H](CC(=O)N1CCCCC1)C(C)(C)C)C(=O)NS(=O)(=O)C1CC1. The van der Waals surface area contributed by atoms with Crippen LogP contribution in [0.15, 0.2) is 55.3 Å². The number of Topliss-reactive ketones (excluding diaryl/α,β-unsaturated/α-hetero) is 1. The second kappa shape index (κ2) is 15.5. The Balaban J connectivity index is 1.12. The molecule has 58 heavy (non-hydrogen) atoms. The van der Waals surface area contributed by atoms with Gasteiger partial charge < -0.3 is 14.5 Å². The van der Waals surface area contributed by atoms with E-state index in [1.54, 1.807) is 17.2 Å². The third-order valence-electron chi connectivity index (χ3n) is 13.1. The molecule has 13 heteroatoms. The van der Waals surface area contributed by atoms with Gasteiger partial charge in [-0.15, -0.1) is 6.58 Å². The molecule has 0 radical (unpaired) electrons. The van der Waals surface area contributed by atoms with Gasteiger partial charge in [-0.3, -0.25) is 28.9 Å². The number of allylic oxidation sites excluding steroid dienone is 1. The van der Waals surface area contributed by atoms with Crippen molar-refractivity contribution in [3.05, 3.63) is 66.4 Å². The number of hydrogen-bond acceptors (Lipinski definition) is 9. The number of rotatable bonds is 13. The Bertz CT molecular complexity index is 2250. The number of pyridine rings is 2. The summed E-state index contributed by atoms with van der Waals surface area (Å²) in [6.45, 7) is 11.1. The van der Waals surface area contributed by atoms with E-state index in [0.717, 1.165) is 49.4 Å². The number of ether oxygens (including phenoxy) is 1. The first-order valence-corrected chi connectivity index (χ1v) is 22.6. The minimum atomic E-state index is -3.85. The number of nitrogens with one attached hydrogen (secondary N) is 1. The Morgan fingerprint density at radius 3 is 2.48 bits per heavy atom. The monoisotopic (exact) mass is 809 g/mol. The smallest absolute Gasteiger partial charge is 0.240 e. The molecular weight excluding hydrogens is 755 g/mol. The highest BCUT2D eigenvalue weighted by molar-refractivity contribution is 7.90. The van der Waals surface area contributed by atoms with Crippen molar-refractivity contribution in [3.8, 4) is 17.1 Å². The molecule has 8 rings (SSSR count). The predicted octanol–water partition coefficient (Wildman–Crippen LogP) is 5.96.